The maximum absolute atomic E-state index is 13.9. The van der Waals surface area contributed by atoms with Crippen LogP contribution in [-0.2, 0) is 27.4 Å². The summed E-state index contributed by atoms with van der Waals surface area (Å²) in [6.45, 7) is -0.663. The van der Waals surface area contributed by atoms with Gasteiger partial charge in [0.25, 0.3) is 0 Å². The van der Waals surface area contributed by atoms with Gasteiger partial charge in [0.05, 0.1) is 19.8 Å². The van der Waals surface area contributed by atoms with Crippen molar-refractivity contribution in [2.24, 2.45) is 0 Å². The fourth-order valence-electron chi connectivity index (χ4n) is 3.03. The minimum Gasteiger partial charge on any atom is -0.385 e. The van der Waals surface area contributed by atoms with E-state index in [1.807, 2.05) is 60.7 Å². The first-order valence-corrected chi connectivity index (χ1v) is 8.52. The molecule has 1 aliphatic heterocycles. The topological polar surface area (TPSA) is 68.2 Å². The van der Waals surface area contributed by atoms with Crippen LogP contribution >= 0.6 is 0 Å². The van der Waals surface area contributed by atoms with Crippen molar-refractivity contribution in [3.8, 4) is 0 Å². The Morgan fingerprint density at radius 1 is 0.923 bits per heavy atom. The highest BCUT2D eigenvalue weighted by Gasteiger charge is 2.56. The first-order chi connectivity index (χ1) is 12.6. The molecular formula is C20H23FO5. The molecule has 0 unspecified atom stereocenters. The SMILES string of the molecule is O[C@H]1[C@@H](O)O[C@](CF)(COCc2ccccc2)[C@H]1OCc1ccccc1. The normalized spacial score (nSPS) is 28.3. The van der Waals surface area contributed by atoms with Crippen LogP contribution in [0.1, 0.15) is 11.1 Å². The quantitative estimate of drug-likeness (QED) is 0.754. The van der Waals surface area contributed by atoms with Gasteiger partial charge in [-0.05, 0) is 11.1 Å². The monoisotopic (exact) mass is 362 g/mol. The van der Waals surface area contributed by atoms with E-state index in [-0.39, 0.29) is 19.8 Å². The minimum atomic E-state index is -1.55. The third-order valence-corrected chi connectivity index (χ3v) is 4.43. The fraction of sp³-hybridized carbons (Fsp3) is 0.400. The summed E-state index contributed by atoms with van der Waals surface area (Å²) in [6.07, 6.45) is -3.92. The van der Waals surface area contributed by atoms with Gasteiger partial charge in [0.15, 0.2) is 11.9 Å². The molecule has 140 valence electrons. The van der Waals surface area contributed by atoms with E-state index in [1.165, 1.54) is 0 Å². The summed E-state index contributed by atoms with van der Waals surface area (Å²) < 4.78 is 30.6. The van der Waals surface area contributed by atoms with Crippen molar-refractivity contribution in [2.45, 2.75) is 37.3 Å². The Labute approximate surface area is 151 Å². The maximum Gasteiger partial charge on any atom is 0.184 e. The molecule has 0 spiro atoms. The fourth-order valence-corrected chi connectivity index (χ4v) is 3.03. The number of benzene rings is 2. The second kappa shape index (κ2) is 8.70. The van der Waals surface area contributed by atoms with Gasteiger partial charge in [0, 0.05) is 0 Å². The Hall–Kier alpha value is -1.83. The van der Waals surface area contributed by atoms with Gasteiger partial charge in [0.1, 0.15) is 18.9 Å². The molecule has 6 heteroatoms. The average Bonchev–Trinajstić information content (AvgIpc) is 2.92. The standard InChI is InChI=1S/C20H23FO5/c21-13-20(14-24-11-15-7-3-1-4-8-15)18(17(22)19(23)26-20)25-12-16-9-5-2-6-10-16/h1-10,17-19,22-23H,11-14H2/t17-,18+,19+,20-/m1/s1. The lowest BCUT2D eigenvalue weighted by Gasteiger charge is -2.31. The lowest BCUT2D eigenvalue weighted by Crippen LogP contribution is -2.50. The molecule has 1 aliphatic rings. The molecule has 0 aromatic heterocycles. The zero-order valence-corrected chi connectivity index (χ0v) is 14.3. The summed E-state index contributed by atoms with van der Waals surface area (Å²) in [5.41, 5.74) is 0.254. The molecule has 0 bridgehead atoms. The summed E-state index contributed by atoms with van der Waals surface area (Å²) in [5.74, 6) is 0. The third kappa shape index (κ3) is 4.28. The lowest BCUT2D eigenvalue weighted by molar-refractivity contribution is -0.192. The van der Waals surface area contributed by atoms with Crippen LogP contribution in [0.25, 0.3) is 0 Å². The van der Waals surface area contributed by atoms with Gasteiger partial charge >= 0.3 is 0 Å². The van der Waals surface area contributed by atoms with Gasteiger partial charge in [-0.25, -0.2) is 4.39 Å². The molecule has 1 saturated heterocycles. The van der Waals surface area contributed by atoms with Gasteiger partial charge < -0.3 is 24.4 Å². The van der Waals surface area contributed by atoms with Crippen molar-refractivity contribution in [3.63, 3.8) is 0 Å². The predicted octanol–water partition coefficient (Wildman–Crippen LogP) is 2.21. The molecule has 0 saturated carbocycles. The zero-order chi connectivity index (χ0) is 18.4. The molecule has 1 heterocycles. The molecule has 3 rings (SSSR count). The number of aliphatic hydroxyl groups is 2. The highest BCUT2D eigenvalue weighted by Crippen LogP contribution is 2.34. The molecule has 5 nitrogen and oxygen atoms in total. The Bertz CT molecular complexity index is 668. The van der Waals surface area contributed by atoms with Crippen LogP contribution < -0.4 is 0 Å². The van der Waals surface area contributed by atoms with Crippen molar-refractivity contribution >= 4 is 0 Å². The van der Waals surface area contributed by atoms with Crippen LogP contribution in [0.15, 0.2) is 60.7 Å². The molecule has 2 aromatic rings. The van der Waals surface area contributed by atoms with E-state index in [0.717, 1.165) is 11.1 Å². The largest absolute Gasteiger partial charge is 0.385 e. The number of hydrogen-bond acceptors (Lipinski definition) is 5. The van der Waals surface area contributed by atoms with Crippen molar-refractivity contribution in [1.29, 1.82) is 0 Å². The summed E-state index contributed by atoms with van der Waals surface area (Å²) in [5, 5.41) is 20.1. The van der Waals surface area contributed by atoms with Crippen molar-refractivity contribution in [3.05, 3.63) is 71.8 Å². The van der Waals surface area contributed by atoms with Gasteiger partial charge in [-0.15, -0.1) is 0 Å². The van der Waals surface area contributed by atoms with E-state index in [2.05, 4.69) is 0 Å². The van der Waals surface area contributed by atoms with Crippen molar-refractivity contribution in [1.82, 2.24) is 0 Å². The van der Waals surface area contributed by atoms with Gasteiger partial charge in [0.2, 0.25) is 0 Å². The molecule has 1 fully saturated rings. The molecule has 2 N–H and O–H groups in total. The Morgan fingerprint density at radius 2 is 1.50 bits per heavy atom. The number of aliphatic hydroxyl groups excluding tert-OH is 2. The van der Waals surface area contributed by atoms with Crippen molar-refractivity contribution in [2.75, 3.05) is 13.3 Å². The molecule has 4 atom stereocenters. The Balaban J connectivity index is 1.65. The smallest absolute Gasteiger partial charge is 0.184 e. The number of halogens is 1. The van der Waals surface area contributed by atoms with E-state index in [4.69, 9.17) is 14.2 Å². The Kier molecular flexibility index (Phi) is 6.34. The predicted molar refractivity (Wildman–Crippen MR) is 92.9 cm³/mol. The first-order valence-electron chi connectivity index (χ1n) is 8.52. The molecule has 26 heavy (non-hydrogen) atoms. The zero-order valence-electron chi connectivity index (χ0n) is 14.3. The Morgan fingerprint density at radius 3 is 2.08 bits per heavy atom. The minimum absolute atomic E-state index is 0.147. The van der Waals surface area contributed by atoms with E-state index in [1.54, 1.807) is 0 Å². The summed E-state index contributed by atoms with van der Waals surface area (Å²) in [7, 11) is 0. The van der Waals surface area contributed by atoms with Crippen LogP contribution in [0, 0.1) is 0 Å². The van der Waals surface area contributed by atoms with E-state index >= 15 is 0 Å². The van der Waals surface area contributed by atoms with Crippen LogP contribution in [0.4, 0.5) is 4.39 Å². The third-order valence-electron chi connectivity index (χ3n) is 4.43. The second-order valence-electron chi connectivity index (χ2n) is 6.39. The maximum atomic E-state index is 13.9. The van der Waals surface area contributed by atoms with E-state index < -0.39 is 30.8 Å². The van der Waals surface area contributed by atoms with Gasteiger partial charge in [-0.2, -0.15) is 0 Å². The first kappa shape index (κ1) is 18.9. The summed E-state index contributed by atoms with van der Waals surface area (Å²) >= 11 is 0. The van der Waals surface area contributed by atoms with E-state index in [0.29, 0.717) is 0 Å². The number of alkyl halides is 1. The summed E-state index contributed by atoms with van der Waals surface area (Å²) in [6, 6.07) is 18.8. The van der Waals surface area contributed by atoms with Crippen LogP contribution in [0.5, 0.6) is 0 Å². The van der Waals surface area contributed by atoms with Crippen LogP contribution in [0.2, 0.25) is 0 Å². The number of ether oxygens (including phenoxy) is 3. The number of hydrogen-bond donors (Lipinski definition) is 2. The van der Waals surface area contributed by atoms with Gasteiger partial charge in [-0.3, -0.25) is 0 Å². The lowest BCUT2D eigenvalue weighted by atomic mass is 9.97. The molecule has 0 aliphatic carbocycles. The van der Waals surface area contributed by atoms with Crippen LogP contribution in [0.3, 0.4) is 0 Å². The second-order valence-corrected chi connectivity index (χ2v) is 6.39. The molecule has 0 radical (unpaired) electrons. The van der Waals surface area contributed by atoms with Crippen LogP contribution in [-0.4, -0.2) is 47.6 Å². The average molecular weight is 362 g/mol. The highest BCUT2D eigenvalue weighted by molar-refractivity contribution is 5.14. The molecular weight excluding hydrogens is 339 g/mol. The summed E-state index contributed by atoms with van der Waals surface area (Å²) in [4.78, 5) is 0. The molecule has 2 aromatic carbocycles. The van der Waals surface area contributed by atoms with Gasteiger partial charge in [-0.1, -0.05) is 60.7 Å². The van der Waals surface area contributed by atoms with Crippen molar-refractivity contribution < 1.29 is 28.8 Å². The highest BCUT2D eigenvalue weighted by atomic mass is 19.1. The van der Waals surface area contributed by atoms with E-state index in [9.17, 15) is 14.6 Å². The number of rotatable bonds is 8. The molecule has 0 amide bonds.